The molecule has 2 N–H and O–H groups in total. The van der Waals surface area contributed by atoms with Gasteiger partial charge in [-0.1, -0.05) is 0 Å². The average Bonchev–Trinajstić information content (AvgIpc) is 2.33. The lowest BCUT2D eigenvalue weighted by Crippen LogP contribution is -2.48. The fourth-order valence-electron chi connectivity index (χ4n) is 1.85. The first kappa shape index (κ1) is 11.3. The van der Waals surface area contributed by atoms with E-state index in [1.807, 2.05) is 4.90 Å². The lowest BCUT2D eigenvalue weighted by atomic mass is 10.1. The van der Waals surface area contributed by atoms with Gasteiger partial charge in [0.25, 0.3) is 0 Å². The third kappa shape index (κ3) is 2.16. The van der Waals surface area contributed by atoms with Crippen molar-refractivity contribution in [3.63, 3.8) is 0 Å². The molecule has 1 aromatic carbocycles. The highest BCUT2D eigenvalue weighted by atomic mass is 16.2. The molecule has 1 aliphatic rings. The quantitative estimate of drug-likeness (QED) is 0.709. The van der Waals surface area contributed by atoms with Crippen molar-refractivity contribution in [1.82, 2.24) is 4.90 Å². The molecular formula is C12H14N4O. The number of likely N-dealkylation sites (N-methyl/N-ethyl adjacent to an activating group) is 1. The molecule has 0 atom stereocenters. The molecule has 88 valence electrons. The first-order chi connectivity index (χ1) is 8.11. The Morgan fingerprint density at radius 3 is 2.82 bits per heavy atom. The summed E-state index contributed by atoms with van der Waals surface area (Å²) in [6, 6.07) is 7.19. The summed E-state index contributed by atoms with van der Waals surface area (Å²) in [7, 11) is 1.79. The number of benzene rings is 1. The van der Waals surface area contributed by atoms with Crippen molar-refractivity contribution >= 4 is 17.3 Å². The lowest BCUT2D eigenvalue weighted by molar-refractivity contribution is -0.129. The Hall–Kier alpha value is -2.22. The van der Waals surface area contributed by atoms with Gasteiger partial charge in [-0.15, -0.1) is 0 Å². The second-order valence-corrected chi connectivity index (χ2v) is 4.12. The first-order valence-electron chi connectivity index (χ1n) is 5.40. The maximum atomic E-state index is 11.6. The zero-order valence-corrected chi connectivity index (χ0v) is 9.68. The molecule has 0 radical (unpaired) electrons. The smallest absolute Gasteiger partial charge is 0.241 e. The molecule has 0 saturated carbocycles. The van der Waals surface area contributed by atoms with E-state index in [2.05, 4.69) is 6.07 Å². The highest BCUT2D eigenvalue weighted by molar-refractivity contribution is 5.84. The number of nitriles is 1. The number of hydrogen-bond donors (Lipinski definition) is 1. The predicted octanol–water partition coefficient (Wildman–Crippen LogP) is 0.419. The van der Waals surface area contributed by atoms with Gasteiger partial charge in [-0.3, -0.25) is 4.79 Å². The fourth-order valence-corrected chi connectivity index (χ4v) is 1.85. The second kappa shape index (κ2) is 4.34. The SMILES string of the molecule is CN1CCN(c2cc(C#N)ccc2N)CC1=O. The molecule has 1 heterocycles. The van der Waals surface area contributed by atoms with Gasteiger partial charge in [0, 0.05) is 20.1 Å². The van der Waals surface area contributed by atoms with E-state index in [1.54, 1.807) is 30.1 Å². The number of nitrogens with zero attached hydrogens (tertiary/aromatic N) is 3. The van der Waals surface area contributed by atoms with Gasteiger partial charge in [-0.05, 0) is 18.2 Å². The fraction of sp³-hybridized carbons (Fsp3) is 0.333. The lowest BCUT2D eigenvalue weighted by Gasteiger charge is -2.34. The Bertz CT molecular complexity index is 492. The van der Waals surface area contributed by atoms with Crippen LogP contribution in [-0.4, -0.2) is 37.5 Å². The summed E-state index contributed by atoms with van der Waals surface area (Å²) < 4.78 is 0. The van der Waals surface area contributed by atoms with Crippen LogP contribution in [0.15, 0.2) is 18.2 Å². The van der Waals surface area contributed by atoms with E-state index in [-0.39, 0.29) is 5.91 Å². The number of hydrogen-bond acceptors (Lipinski definition) is 4. The number of nitrogen functional groups attached to an aromatic ring is 1. The van der Waals surface area contributed by atoms with E-state index in [4.69, 9.17) is 11.0 Å². The van der Waals surface area contributed by atoms with Crippen LogP contribution in [0.4, 0.5) is 11.4 Å². The topological polar surface area (TPSA) is 73.4 Å². The highest BCUT2D eigenvalue weighted by Crippen LogP contribution is 2.25. The highest BCUT2D eigenvalue weighted by Gasteiger charge is 2.22. The zero-order valence-electron chi connectivity index (χ0n) is 9.68. The number of anilines is 2. The number of nitrogens with two attached hydrogens (primary N) is 1. The van der Waals surface area contributed by atoms with Gasteiger partial charge in [0.1, 0.15) is 0 Å². The summed E-state index contributed by atoms with van der Waals surface area (Å²) in [4.78, 5) is 15.2. The molecular weight excluding hydrogens is 216 g/mol. The van der Waals surface area contributed by atoms with E-state index in [9.17, 15) is 4.79 Å². The summed E-state index contributed by atoms with van der Waals surface area (Å²) in [6.07, 6.45) is 0. The number of piperazine rings is 1. The van der Waals surface area contributed by atoms with Crippen LogP contribution in [-0.2, 0) is 4.79 Å². The third-order valence-corrected chi connectivity index (χ3v) is 2.96. The van der Waals surface area contributed by atoms with Gasteiger partial charge in [-0.25, -0.2) is 0 Å². The van der Waals surface area contributed by atoms with Crippen molar-refractivity contribution < 1.29 is 4.79 Å². The predicted molar refractivity (Wildman–Crippen MR) is 65.4 cm³/mol. The first-order valence-corrected chi connectivity index (χ1v) is 5.40. The maximum Gasteiger partial charge on any atom is 0.241 e. The molecule has 17 heavy (non-hydrogen) atoms. The summed E-state index contributed by atoms with van der Waals surface area (Å²) in [5.41, 5.74) is 7.80. The largest absolute Gasteiger partial charge is 0.397 e. The van der Waals surface area contributed by atoms with Crippen LogP contribution in [0.2, 0.25) is 0 Å². The van der Waals surface area contributed by atoms with Crippen LogP contribution < -0.4 is 10.6 Å². The molecule has 0 aliphatic carbocycles. The Labute approximate surface area is 100 Å². The molecule has 0 spiro atoms. The van der Waals surface area contributed by atoms with Crippen molar-refractivity contribution in [2.24, 2.45) is 0 Å². The van der Waals surface area contributed by atoms with Crippen LogP contribution in [0.25, 0.3) is 0 Å². The summed E-state index contributed by atoms with van der Waals surface area (Å²) in [5, 5.41) is 8.86. The summed E-state index contributed by atoms with van der Waals surface area (Å²) >= 11 is 0. The van der Waals surface area contributed by atoms with Gasteiger partial charge in [0.05, 0.1) is 29.6 Å². The van der Waals surface area contributed by atoms with Crippen LogP contribution in [0.1, 0.15) is 5.56 Å². The number of carbonyl (C=O) groups excluding carboxylic acids is 1. The molecule has 1 aromatic rings. The van der Waals surface area contributed by atoms with E-state index in [0.717, 1.165) is 12.2 Å². The van der Waals surface area contributed by atoms with Crippen molar-refractivity contribution in [3.8, 4) is 6.07 Å². The monoisotopic (exact) mass is 230 g/mol. The number of amides is 1. The van der Waals surface area contributed by atoms with Gasteiger partial charge in [-0.2, -0.15) is 5.26 Å². The van der Waals surface area contributed by atoms with Gasteiger partial charge < -0.3 is 15.5 Å². The molecule has 1 fully saturated rings. The van der Waals surface area contributed by atoms with Crippen LogP contribution in [0.3, 0.4) is 0 Å². The zero-order chi connectivity index (χ0) is 12.4. The molecule has 0 aromatic heterocycles. The Kier molecular flexibility index (Phi) is 2.88. The Morgan fingerprint density at radius 1 is 1.41 bits per heavy atom. The molecule has 1 saturated heterocycles. The van der Waals surface area contributed by atoms with Crippen molar-refractivity contribution in [3.05, 3.63) is 23.8 Å². The van der Waals surface area contributed by atoms with Crippen molar-refractivity contribution in [2.75, 3.05) is 37.3 Å². The maximum absolute atomic E-state index is 11.6. The van der Waals surface area contributed by atoms with E-state index >= 15 is 0 Å². The van der Waals surface area contributed by atoms with Crippen LogP contribution in [0.5, 0.6) is 0 Å². The second-order valence-electron chi connectivity index (χ2n) is 4.12. The Balaban J connectivity index is 2.28. The summed E-state index contributed by atoms with van der Waals surface area (Å²) in [6.45, 7) is 1.73. The normalized spacial score (nSPS) is 15.9. The Morgan fingerprint density at radius 2 is 2.18 bits per heavy atom. The molecule has 2 rings (SSSR count). The van der Waals surface area contributed by atoms with Gasteiger partial charge >= 0.3 is 0 Å². The average molecular weight is 230 g/mol. The minimum atomic E-state index is 0.0676. The molecule has 5 heteroatoms. The van der Waals surface area contributed by atoms with Gasteiger partial charge in [0.15, 0.2) is 0 Å². The third-order valence-electron chi connectivity index (χ3n) is 2.96. The van der Waals surface area contributed by atoms with E-state index in [1.165, 1.54) is 0 Å². The minimum Gasteiger partial charge on any atom is -0.397 e. The summed E-state index contributed by atoms with van der Waals surface area (Å²) in [5.74, 6) is 0.0676. The van der Waals surface area contributed by atoms with Crippen LogP contribution >= 0.6 is 0 Å². The van der Waals surface area contributed by atoms with E-state index < -0.39 is 0 Å². The van der Waals surface area contributed by atoms with Crippen molar-refractivity contribution in [1.29, 1.82) is 5.26 Å². The molecule has 1 aliphatic heterocycles. The number of carbonyl (C=O) groups is 1. The molecule has 0 bridgehead atoms. The van der Waals surface area contributed by atoms with Crippen LogP contribution in [0, 0.1) is 11.3 Å². The van der Waals surface area contributed by atoms with Gasteiger partial charge in [0.2, 0.25) is 5.91 Å². The standard InChI is InChI=1S/C12H14N4O/c1-15-4-5-16(8-12(15)17)11-6-9(7-13)2-3-10(11)14/h2-3,6H,4-5,8,14H2,1H3. The molecule has 5 nitrogen and oxygen atoms in total. The number of rotatable bonds is 1. The minimum absolute atomic E-state index is 0.0676. The molecule has 0 unspecified atom stereocenters. The van der Waals surface area contributed by atoms with E-state index in [0.29, 0.717) is 24.3 Å². The molecule has 1 amide bonds. The van der Waals surface area contributed by atoms with Crippen molar-refractivity contribution in [2.45, 2.75) is 0 Å².